The van der Waals surface area contributed by atoms with Crippen LogP contribution in [0.25, 0.3) is 0 Å². The summed E-state index contributed by atoms with van der Waals surface area (Å²) in [5.41, 5.74) is 6.44. The van der Waals surface area contributed by atoms with Crippen LogP contribution in [0.15, 0.2) is 0 Å². The molecule has 1 rings (SSSR count). The number of hydrogen-bond donors (Lipinski definition) is 1. The van der Waals surface area contributed by atoms with Crippen LogP contribution in [0.1, 0.15) is 34.6 Å². The lowest BCUT2D eigenvalue weighted by atomic mass is 9.81. The second-order valence-electron chi connectivity index (χ2n) is 6.52. The smallest absolute Gasteiger partial charge is 0.0296 e. The van der Waals surface area contributed by atoms with Gasteiger partial charge in [0.15, 0.2) is 0 Å². The molecule has 0 amide bonds. The van der Waals surface area contributed by atoms with Crippen LogP contribution in [0.5, 0.6) is 0 Å². The van der Waals surface area contributed by atoms with Crippen LogP contribution < -0.4 is 5.73 Å². The summed E-state index contributed by atoms with van der Waals surface area (Å²) < 4.78 is 0. The molecule has 3 nitrogen and oxygen atoms in total. The summed E-state index contributed by atoms with van der Waals surface area (Å²) in [6.07, 6.45) is 0. The second kappa shape index (κ2) is 5.03. The molecule has 0 spiro atoms. The van der Waals surface area contributed by atoms with Gasteiger partial charge in [-0.15, -0.1) is 0 Å². The number of nitrogens with zero attached hydrogens (tertiary/aromatic N) is 2. The summed E-state index contributed by atoms with van der Waals surface area (Å²) in [5, 5.41) is 0. The van der Waals surface area contributed by atoms with Gasteiger partial charge in [0, 0.05) is 37.8 Å². The zero-order chi connectivity index (χ0) is 12.5. The van der Waals surface area contributed by atoms with Gasteiger partial charge < -0.3 is 10.6 Å². The molecule has 3 unspecified atom stereocenters. The molecule has 1 heterocycles. The van der Waals surface area contributed by atoms with Crippen molar-refractivity contribution < 1.29 is 0 Å². The van der Waals surface area contributed by atoms with Gasteiger partial charge in [-0.25, -0.2) is 0 Å². The molecule has 1 fully saturated rings. The summed E-state index contributed by atoms with van der Waals surface area (Å²) in [4.78, 5) is 5.01. The SMILES string of the molecule is CC(N)C(N1CCN(C)CC1C)C(C)(C)C. The average Bonchev–Trinajstić information content (AvgIpc) is 2.06. The molecule has 0 aromatic carbocycles. The van der Waals surface area contributed by atoms with E-state index in [0.717, 1.165) is 19.6 Å². The molecule has 1 aliphatic heterocycles. The zero-order valence-electron chi connectivity index (χ0n) is 11.8. The Kier molecular flexibility index (Phi) is 4.38. The van der Waals surface area contributed by atoms with Crippen molar-refractivity contribution in [2.24, 2.45) is 11.1 Å². The van der Waals surface area contributed by atoms with Crippen molar-refractivity contribution in [2.45, 2.75) is 52.7 Å². The van der Waals surface area contributed by atoms with Crippen LogP contribution in [0.3, 0.4) is 0 Å². The van der Waals surface area contributed by atoms with E-state index in [2.05, 4.69) is 51.5 Å². The maximum absolute atomic E-state index is 6.20. The van der Waals surface area contributed by atoms with Gasteiger partial charge in [0.2, 0.25) is 0 Å². The molecular formula is C13H29N3. The number of hydrogen-bond acceptors (Lipinski definition) is 3. The molecule has 0 saturated carbocycles. The van der Waals surface area contributed by atoms with E-state index in [1.807, 2.05) is 0 Å². The van der Waals surface area contributed by atoms with E-state index >= 15 is 0 Å². The third-order valence-corrected chi connectivity index (χ3v) is 3.62. The zero-order valence-corrected chi connectivity index (χ0v) is 11.8. The Hall–Kier alpha value is -0.120. The molecule has 96 valence electrons. The first-order valence-electron chi connectivity index (χ1n) is 6.43. The van der Waals surface area contributed by atoms with Crippen molar-refractivity contribution in [2.75, 3.05) is 26.7 Å². The maximum Gasteiger partial charge on any atom is 0.0296 e. The Labute approximate surface area is 101 Å². The van der Waals surface area contributed by atoms with Gasteiger partial charge in [-0.3, -0.25) is 4.90 Å². The molecule has 0 aliphatic carbocycles. The van der Waals surface area contributed by atoms with Gasteiger partial charge in [0.1, 0.15) is 0 Å². The Balaban J connectivity index is 2.79. The molecule has 0 aromatic heterocycles. The van der Waals surface area contributed by atoms with Crippen molar-refractivity contribution in [1.82, 2.24) is 9.80 Å². The standard InChI is InChI=1S/C13H29N3/c1-10-9-15(6)7-8-16(10)12(11(2)14)13(3,4)5/h10-12H,7-9,14H2,1-6H3. The van der Waals surface area contributed by atoms with Crippen LogP contribution in [0.2, 0.25) is 0 Å². The Morgan fingerprint density at radius 1 is 1.25 bits per heavy atom. The highest BCUT2D eigenvalue weighted by Gasteiger charge is 2.37. The largest absolute Gasteiger partial charge is 0.327 e. The van der Waals surface area contributed by atoms with Crippen LogP contribution in [-0.2, 0) is 0 Å². The number of rotatable bonds is 2. The third kappa shape index (κ3) is 3.19. The normalized spacial score (nSPS) is 29.1. The van der Waals surface area contributed by atoms with E-state index in [9.17, 15) is 0 Å². The molecule has 0 bridgehead atoms. The fourth-order valence-corrected chi connectivity index (χ4v) is 3.16. The number of piperazine rings is 1. The average molecular weight is 227 g/mol. The van der Waals surface area contributed by atoms with Gasteiger partial charge in [-0.2, -0.15) is 0 Å². The van der Waals surface area contributed by atoms with Crippen LogP contribution in [0.4, 0.5) is 0 Å². The lowest BCUT2D eigenvalue weighted by Gasteiger charge is -2.49. The summed E-state index contributed by atoms with van der Waals surface area (Å²) in [7, 11) is 2.20. The van der Waals surface area contributed by atoms with E-state index in [-0.39, 0.29) is 11.5 Å². The fraction of sp³-hybridized carbons (Fsp3) is 1.00. The highest BCUT2D eigenvalue weighted by Crippen LogP contribution is 2.29. The highest BCUT2D eigenvalue weighted by atomic mass is 15.3. The molecular weight excluding hydrogens is 198 g/mol. The first-order chi connectivity index (χ1) is 7.23. The second-order valence-corrected chi connectivity index (χ2v) is 6.52. The minimum absolute atomic E-state index is 0.228. The Morgan fingerprint density at radius 2 is 1.81 bits per heavy atom. The Morgan fingerprint density at radius 3 is 2.19 bits per heavy atom. The van der Waals surface area contributed by atoms with Crippen LogP contribution >= 0.6 is 0 Å². The number of nitrogens with two attached hydrogens (primary N) is 1. The summed E-state index contributed by atoms with van der Waals surface area (Å²) >= 11 is 0. The summed E-state index contributed by atoms with van der Waals surface area (Å²) in [5.74, 6) is 0. The van der Waals surface area contributed by atoms with Crippen molar-refractivity contribution in [3.8, 4) is 0 Å². The number of likely N-dealkylation sites (N-methyl/N-ethyl adjacent to an activating group) is 1. The van der Waals surface area contributed by atoms with E-state index in [4.69, 9.17) is 5.73 Å². The van der Waals surface area contributed by atoms with Gasteiger partial charge in [0.25, 0.3) is 0 Å². The predicted octanol–water partition coefficient (Wildman–Crippen LogP) is 1.38. The van der Waals surface area contributed by atoms with E-state index in [1.54, 1.807) is 0 Å². The van der Waals surface area contributed by atoms with Crippen LogP contribution in [-0.4, -0.2) is 54.6 Å². The minimum atomic E-state index is 0.228. The molecule has 0 radical (unpaired) electrons. The van der Waals surface area contributed by atoms with Gasteiger partial charge in [-0.05, 0) is 26.3 Å². The Bertz CT molecular complexity index is 220. The van der Waals surface area contributed by atoms with Crippen molar-refractivity contribution in [3.05, 3.63) is 0 Å². The van der Waals surface area contributed by atoms with Crippen molar-refractivity contribution in [3.63, 3.8) is 0 Å². The van der Waals surface area contributed by atoms with Gasteiger partial charge in [0.05, 0.1) is 0 Å². The molecule has 16 heavy (non-hydrogen) atoms. The maximum atomic E-state index is 6.20. The summed E-state index contributed by atoms with van der Waals surface area (Å²) in [6.45, 7) is 14.8. The molecule has 1 saturated heterocycles. The lowest BCUT2D eigenvalue weighted by molar-refractivity contribution is 0.00510. The first kappa shape index (κ1) is 13.9. The molecule has 3 atom stereocenters. The van der Waals surface area contributed by atoms with E-state index in [0.29, 0.717) is 12.1 Å². The topological polar surface area (TPSA) is 32.5 Å². The molecule has 1 aliphatic rings. The third-order valence-electron chi connectivity index (χ3n) is 3.62. The fourth-order valence-electron chi connectivity index (χ4n) is 3.16. The molecule has 2 N–H and O–H groups in total. The molecule has 0 aromatic rings. The van der Waals surface area contributed by atoms with E-state index < -0.39 is 0 Å². The van der Waals surface area contributed by atoms with E-state index in [1.165, 1.54) is 0 Å². The monoisotopic (exact) mass is 227 g/mol. The van der Waals surface area contributed by atoms with Gasteiger partial charge in [-0.1, -0.05) is 20.8 Å². The van der Waals surface area contributed by atoms with Crippen molar-refractivity contribution in [1.29, 1.82) is 0 Å². The summed E-state index contributed by atoms with van der Waals surface area (Å²) in [6, 6.07) is 1.30. The minimum Gasteiger partial charge on any atom is -0.327 e. The predicted molar refractivity (Wildman–Crippen MR) is 70.6 cm³/mol. The van der Waals surface area contributed by atoms with Gasteiger partial charge >= 0.3 is 0 Å². The highest BCUT2D eigenvalue weighted by molar-refractivity contribution is 4.93. The quantitative estimate of drug-likeness (QED) is 0.773. The lowest BCUT2D eigenvalue weighted by Crippen LogP contribution is -2.62. The first-order valence-corrected chi connectivity index (χ1v) is 6.43. The van der Waals surface area contributed by atoms with Crippen LogP contribution in [0, 0.1) is 5.41 Å². The van der Waals surface area contributed by atoms with Crippen molar-refractivity contribution >= 4 is 0 Å². The molecule has 3 heteroatoms.